The van der Waals surface area contributed by atoms with Crippen LogP contribution in [0.1, 0.15) is 19.4 Å². The van der Waals surface area contributed by atoms with Crippen LogP contribution in [0.25, 0.3) is 11.1 Å². The van der Waals surface area contributed by atoms with Crippen LogP contribution in [-0.2, 0) is 15.3 Å². The molecule has 0 aromatic heterocycles. The molecule has 126 valence electrons. The summed E-state index contributed by atoms with van der Waals surface area (Å²) < 4.78 is 14.9. The van der Waals surface area contributed by atoms with Crippen LogP contribution in [0.4, 0.5) is 4.39 Å². The third-order valence-corrected chi connectivity index (χ3v) is 3.81. The van der Waals surface area contributed by atoms with E-state index in [1.165, 1.54) is 12.4 Å². The minimum Gasteiger partial charge on any atom is -0.341 e. The van der Waals surface area contributed by atoms with Gasteiger partial charge < -0.3 is 5.32 Å². The normalized spacial score (nSPS) is 14.3. The fraction of sp³-hybridized carbons (Fsp3) is 0.222. The Bertz CT molecular complexity index is 715. The topological polar surface area (TPSA) is 78.4 Å². The van der Waals surface area contributed by atoms with Gasteiger partial charge in [-0.25, -0.2) is 9.87 Å². The van der Waals surface area contributed by atoms with E-state index in [4.69, 9.17) is 5.21 Å². The molecule has 2 amide bonds. The van der Waals surface area contributed by atoms with E-state index in [1.54, 1.807) is 24.3 Å². The van der Waals surface area contributed by atoms with Crippen molar-refractivity contribution >= 4 is 11.8 Å². The Morgan fingerprint density at radius 2 is 1.58 bits per heavy atom. The molecule has 24 heavy (non-hydrogen) atoms. The third-order valence-electron chi connectivity index (χ3n) is 3.81. The maximum Gasteiger partial charge on any atom is 0.265 e. The van der Waals surface area contributed by atoms with Gasteiger partial charge in [-0.3, -0.25) is 14.8 Å². The van der Waals surface area contributed by atoms with Crippen molar-refractivity contribution in [2.75, 3.05) is 0 Å². The Balaban J connectivity index is 2.17. The number of hydrogen-bond acceptors (Lipinski definition) is 3. The van der Waals surface area contributed by atoms with Crippen molar-refractivity contribution in [2.24, 2.45) is 0 Å². The summed E-state index contributed by atoms with van der Waals surface area (Å²) in [6.07, 6.45) is 0. The number of hydroxylamine groups is 1. The van der Waals surface area contributed by atoms with E-state index < -0.39 is 23.5 Å². The molecule has 5 nitrogen and oxygen atoms in total. The number of benzene rings is 2. The lowest BCUT2D eigenvalue weighted by molar-refractivity contribution is -0.138. The van der Waals surface area contributed by atoms with Gasteiger partial charge in [-0.1, -0.05) is 54.6 Å². The van der Waals surface area contributed by atoms with Crippen LogP contribution in [0.5, 0.6) is 0 Å². The van der Waals surface area contributed by atoms with Gasteiger partial charge in [0.05, 0.1) is 0 Å². The molecular formula is C18H19FN2O3. The Labute approximate surface area is 139 Å². The molecule has 2 atom stereocenters. The van der Waals surface area contributed by atoms with Gasteiger partial charge in [0.15, 0.2) is 0 Å². The molecule has 0 saturated heterocycles. The SMILES string of the molecule is C[C@@H](NC(=O)[C@@](C)(F)c1ccc(-c2ccccc2)cc1)C(=O)NO. The van der Waals surface area contributed by atoms with Gasteiger partial charge in [-0.05, 0) is 30.5 Å². The Morgan fingerprint density at radius 3 is 2.12 bits per heavy atom. The number of hydrogen-bond donors (Lipinski definition) is 3. The average molecular weight is 330 g/mol. The molecule has 0 heterocycles. The Kier molecular flexibility index (Phi) is 5.31. The van der Waals surface area contributed by atoms with Crippen LogP contribution in [0, 0.1) is 0 Å². The van der Waals surface area contributed by atoms with Crippen molar-refractivity contribution in [1.82, 2.24) is 10.8 Å². The van der Waals surface area contributed by atoms with Crippen molar-refractivity contribution in [3.05, 3.63) is 60.2 Å². The van der Waals surface area contributed by atoms with Crippen molar-refractivity contribution in [1.29, 1.82) is 0 Å². The van der Waals surface area contributed by atoms with Crippen molar-refractivity contribution in [2.45, 2.75) is 25.6 Å². The van der Waals surface area contributed by atoms with E-state index in [2.05, 4.69) is 5.32 Å². The fourth-order valence-corrected chi connectivity index (χ4v) is 2.23. The van der Waals surface area contributed by atoms with Crippen LogP contribution in [0.2, 0.25) is 0 Å². The van der Waals surface area contributed by atoms with E-state index in [0.29, 0.717) is 0 Å². The third kappa shape index (κ3) is 3.78. The molecule has 6 heteroatoms. The number of alkyl halides is 1. The number of nitrogens with one attached hydrogen (secondary N) is 2. The van der Waals surface area contributed by atoms with Crippen molar-refractivity contribution in [3.8, 4) is 11.1 Å². The summed E-state index contributed by atoms with van der Waals surface area (Å²) in [4.78, 5) is 23.3. The van der Waals surface area contributed by atoms with Gasteiger partial charge in [0, 0.05) is 0 Å². The first kappa shape index (κ1) is 17.6. The quantitative estimate of drug-likeness (QED) is 0.582. The number of rotatable bonds is 5. The second-order valence-electron chi connectivity index (χ2n) is 5.62. The van der Waals surface area contributed by atoms with Crippen LogP contribution < -0.4 is 10.8 Å². The minimum absolute atomic E-state index is 0.177. The standard InChI is InChI=1S/C18H19FN2O3/c1-12(16(22)21-24)20-17(23)18(2,19)15-10-8-14(9-11-15)13-6-4-3-5-7-13/h3-12,24H,1-2H3,(H,20,23)(H,21,22)/t12-,18+/m1/s1. The van der Waals surface area contributed by atoms with Gasteiger partial charge in [0.25, 0.3) is 11.8 Å². The van der Waals surface area contributed by atoms with E-state index in [9.17, 15) is 14.0 Å². The summed E-state index contributed by atoms with van der Waals surface area (Å²) in [5, 5.41) is 10.8. The predicted molar refractivity (Wildman–Crippen MR) is 87.9 cm³/mol. The smallest absolute Gasteiger partial charge is 0.265 e. The Hall–Kier alpha value is -2.73. The molecule has 0 aliphatic carbocycles. The number of carbonyl (C=O) groups excluding carboxylic acids is 2. The number of amides is 2. The van der Waals surface area contributed by atoms with Crippen molar-refractivity contribution in [3.63, 3.8) is 0 Å². The van der Waals surface area contributed by atoms with E-state index in [-0.39, 0.29) is 5.56 Å². The lowest BCUT2D eigenvalue weighted by atomic mass is 9.94. The first-order chi connectivity index (χ1) is 11.4. The highest BCUT2D eigenvalue weighted by atomic mass is 19.1. The second kappa shape index (κ2) is 7.23. The highest BCUT2D eigenvalue weighted by molar-refractivity contribution is 5.91. The molecule has 3 N–H and O–H groups in total. The molecule has 2 aromatic rings. The lowest BCUT2D eigenvalue weighted by Gasteiger charge is -2.22. The summed E-state index contributed by atoms with van der Waals surface area (Å²) in [5.41, 5.74) is 1.18. The van der Waals surface area contributed by atoms with E-state index >= 15 is 0 Å². The molecule has 0 spiro atoms. The maximum absolute atomic E-state index is 14.9. The molecule has 0 radical (unpaired) electrons. The fourth-order valence-electron chi connectivity index (χ4n) is 2.23. The summed E-state index contributed by atoms with van der Waals surface area (Å²) in [5.74, 6) is -1.77. The summed E-state index contributed by atoms with van der Waals surface area (Å²) in [6.45, 7) is 2.47. The summed E-state index contributed by atoms with van der Waals surface area (Å²) >= 11 is 0. The second-order valence-corrected chi connectivity index (χ2v) is 5.62. The first-order valence-electron chi connectivity index (χ1n) is 7.46. The lowest BCUT2D eigenvalue weighted by Crippen LogP contribution is -2.49. The molecule has 2 aromatic carbocycles. The molecule has 0 unspecified atom stereocenters. The van der Waals surface area contributed by atoms with Crippen LogP contribution in [-0.4, -0.2) is 23.1 Å². The highest BCUT2D eigenvalue weighted by Gasteiger charge is 2.36. The molecule has 2 rings (SSSR count). The summed E-state index contributed by atoms with van der Waals surface area (Å²) in [7, 11) is 0. The molecular weight excluding hydrogens is 311 g/mol. The molecule has 0 saturated carbocycles. The van der Waals surface area contributed by atoms with E-state index in [0.717, 1.165) is 18.1 Å². The minimum atomic E-state index is -2.31. The monoisotopic (exact) mass is 330 g/mol. The van der Waals surface area contributed by atoms with Gasteiger partial charge in [0.1, 0.15) is 6.04 Å². The predicted octanol–water partition coefficient (Wildman–Crippen LogP) is 2.55. The zero-order chi connectivity index (χ0) is 17.7. The molecule has 0 aliphatic rings. The van der Waals surface area contributed by atoms with E-state index in [1.807, 2.05) is 30.3 Å². The van der Waals surface area contributed by atoms with Crippen LogP contribution in [0.15, 0.2) is 54.6 Å². The molecule has 0 bridgehead atoms. The van der Waals surface area contributed by atoms with Gasteiger partial charge >= 0.3 is 0 Å². The van der Waals surface area contributed by atoms with Crippen LogP contribution >= 0.6 is 0 Å². The van der Waals surface area contributed by atoms with Gasteiger partial charge in [-0.15, -0.1) is 0 Å². The van der Waals surface area contributed by atoms with Crippen LogP contribution in [0.3, 0.4) is 0 Å². The zero-order valence-corrected chi connectivity index (χ0v) is 13.4. The largest absolute Gasteiger partial charge is 0.341 e. The zero-order valence-electron chi connectivity index (χ0n) is 13.4. The Morgan fingerprint density at radius 1 is 1.04 bits per heavy atom. The number of carbonyl (C=O) groups is 2. The average Bonchev–Trinajstić information content (AvgIpc) is 2.61. The molecule has 0 fully saturated rings. The highest BCUT2D eigenvalue weighted by Crippen LogP contribution is 2.28. The van der Waals surface area contributed by atoms with Gasteiger partial charge in [-0.2, -0.15) is 0 Å². The first-order valence-corrected chi connectivity index (χ1v) is 7.46. The number of halogens is 1. The van der Waals surface area contributed by atoms with Crippen molar-refractivity contribution < 1.29 is 19.2 Å². The molecule has 0 aliphatic heterocycles. The summed E-state index contributed by atoms with van der Waals surface area (Å²) in [6, 6.07) is 15.1. The van der Waals surface area contributed by atoms with Gasteiger partial charge in [0.2, 0.25) is 5.67 Å². The maximum atomic E-state index is 14.9.